The predicted molar refractivity (Wildman–Crippen MR) is 61.5 cm³/mol. The Morgan fingerprint density at radius 1 is 1.35 bits per heavy atom. The number of nitro groups is 1. The molecule has 20 heavy (non-hydrogen) atoms. The molecule has 0 radical (unpaired) electrons. The lowest BCUT2D eigenvalue weighted by molar-refractivity contribution is -0.387. The number of rotatable bonds is 5. The van der Waals surface area contributed by atoms with Gasteiger partial charge >= 0.3 is 5.69 Å². The normalized spacial score (nSPS) is 10.3. The molecule has 0 aliphatic heterocycles. The van der Waals surface area contributed by atoms with E-state index in [-0.39, 0.29) is 5.76 Å². The quantitative estimate of drug-likeness (QED) is 0.478. The first kappa shape index (κ1) is 13.7. The molecule has 1 heterocycles. The van der Waals surface area contributed by atoms with Crippen molar-refractivity contribution >= 4 is 11.5 Å². The van der Waals surface area contributed by atoms with E-state index in [2.05, 4.69) is 0 Å². The Kier molecular flexibility index (Phi) is 3.74. The monoisotopic (exact) mass is 283 g/mol. The molecule has 0 aliphatic rings. The van der Waals surface area contributed by atoms with E-state index in [0.717, 1.165) is 0 Å². The van der Waals surface area contributed by atoms with Gasteiger partial charge in [0, 0.05) is 6.07 Å². The highest BCUT2D eigenvalue weighted by Gasteiger charge is 2.20. The number of Topliss-reactive ketones (excluding diaryl/α,β-unsaturated/α-hetero) is 1. The molecule has 0 unspecified atom stereocenters. The molecule has 0 fully saturated rings. The summed E-state index contributed by atoms with van der Waals surface area (Å²) in [6.07, 6.45) is 1.28. The van der Waals surface area contributed by atoms with Gasteiger partial charge in [0.05, 0.1) is 17.3 Å². The van der Waals surface area contributed by atoms with Crippen molar-refractivity contribution in [2.45, 2.75) is 0 Å². The molecule has 0 bridgehead atoms. The predicted octanol–water partition coefficient (Wildman–Crippen LogP) is 2.73. The third-order valence-electron chi connectivity index (χ3n) is 2.35. The first-order chi connectivity index (χ1) is 9.49. The topological polar surface area (TPSA) is 82.6 Å². The molecule has 104 valence electrons. The number of furan rings is 1. The van der Waals surface area contributed by atoms with Crippen molar-refractivity contribution in [3.63, 3.8) is 0 Å². The maximum atomic E-state index is 13.5. The van der Waals surface area contributed by atoms with Gasteiger partial charge in [0.25, 0.3) is 0 Å². The molecule has 2 aromatic rings. The van der Waals surface area contributed by atoms with Crippen molar-refractivity contribution in [2.75, 3.05) is 6.61 Å². The Bertz CT molecular complexity index is 654. The summed E-state index contributed by atoms with van der Waals surface area (Å²) in [6.45, 7) is -0.582. The highest BCUT2D eigenvalue weighted by atomic mass is 19.1. The van der Waals surface area contributed by atoms with E-state index >= 15 is 0 Å². The third-order valence-corrected chi connectivity index (χ3v) is 2.35. The zero-order valence-electron chi connectivity index (χ0n) is 9.84. The number of hydrogen-bond acceptors (Lipinski definition) is 5. The number of carbonyl (C=O) groups is 1. The molecule has 0 atom stereocenters. The average molecular weight is 283 g/mol. The number of halogens is 2. The Hall–Kier alpha value is -2.77. The lowest BCUT2D eigenvalue weighted by Crippen LogP contribution is -2.11. The van der Waals surface area contributed by atoms with Crippen molar-refractivity contribution in [3.8, 4) is 5.75 Å². The van der Waals surface area contributed by atoms with Gasteiger partial charge in [-0.2, -0.15) is 4.39 Å². The van der Waals surface area contributed by atoms with E-state index < -0.39 is 40.4 Å². The molecule has 0 saturated carbocycles. The molecular formula is C12H7F2NO5. The third kappa shape index (κ3) is 2.79. The van der Waals surface area contributed by atoms with Crippen LogP contribution < -0.4 is 4.74 Å². The zero-order valence-corrected chi connectivity index (χ0v) is 9.84. The standard InChI is InChI=1S/C12H7F2NO5/c13-7-5-12(8(14)4-9(7)15(17)18)20-6-10(16)11-2-1-3-19-11/h1-5H,6H2. The number of nitrogens with zero attached hydrogens (tertiary/aromatic N) is 1. The van der Waals surface area contributed by atoms with Crippen LogP contribution in [0.25, 0.3) is 0 Å². The van der Waals surface area contributed by atoms with E-state index in [1.54, 1.807) is 0 Å². The highest BCUT2D eigenvalue weighted by Crippen LogP contribution is 2.26. The van der Waals surface area contributed by atoms with Gasteiger partial charge in [-0.05, 0) is 12.1 Å². The number of benzene rings is 1. The summed E-state index contributed by atoms with van der Waals surface area (Å²) in [4.78, 5) is 20.8. The minimum absolute atomic E-state index is 0.00721. The van der Waals surface area contributed by atoms with Gasteiger partial charge in [-0.15, -0.1) is 0 Å². The van der Waals surface area contributed by atoms with Gasteiger partial charge < -0.3 is 9.15 Å². The molecule has 0 aliphatic carbocycles. The molecule has 0 saturated heterocycles. The second-order valence-corrected chi connectivity index (χ2v) is 3.68. The average Bonchev–Trinajstić information content (AvgIpc) is 2.92. The molecule has 6 nitrogen and oxygen atoms in total. The van der Waals surface area contributed by atoms with Crippen molar-refractivity contribution in [3.05, 3.63) is 58.0 Å². The van der Waals surface area contributed by atoms with Crippen LogP contribution >= 0.6 is 0 Å². The number of ether oxygens (including phenoxy) is 1. The molecule has 0 N–H and O–H groups in total. The Morgan fingerprint density at radius 2 is 2.10 bits per heavy atom. The van der Waals surface area contributed by atoms with Crippen LogP contribution in [0.15, 0.2) is 34.9 Å². The smallest absolute Gasteiger partial charge is 0.307 e. The van der Waals surface area contributed by atoms with Gasteiger partial charge in [-0.1, -0.05) is 0 Å². The minimum Gasteiger partial charge on any atom is -0.482 e. The van der Waals surface area contributed by atoms with E-state index in [9.17, 15) is 23.7 Å². The molecule has 8 heteroatoms. The van der Waals surface area contributed by atoms with Gasteiger partial charge in [0.1, 0.15) is 0 Å². The molecule has 2 rings (SSSR count). The Balaban J connectivity index is 2.12. The summed E-state index contributed by atoms with van der Waals surface area (Å²) < 4.78 is 36.3. The van der Waals surface area contributed by atoms with E-state index in [4.69, 9.17) is 9.15 Å². The second-order valence-electron chi connectivity index (χ2n) is 3.68. The molecule has 0 amide bonds. The fourth-order valence-electron chi connectivity index (χ4n) is 1.42. The summed E-state index contributed by atoms with van der Waals surface area (Å²) in [7, 11) is 0. The highest BCUT2D eigenvalue weighted by molar-refractivity contribution is 5.94. The van der Waals surface area contributed by atoms with Crippen molar-refractivity contribution in [2.24, 2.45) is 0 Å². The SMILES string of the molecule is O=C(COc1cc(F)c([N+](=O)[O-])cc1F)c1ccco1. The van der Waals surface area contributed by atoms with Crippen molar-refractivity contribution < 1.29 is 27.7 Å². The largest absolute Gasteiger partial charge is 0.482 e. The van der Waals surface area contributed by atoms with E-state index in [1.807, 2.05) is 0 Å². The molecule has 1 aromatic carbocycles. The maximum Gasteiger partial charge on any atom is 0.307 e. The second kappa shape index (κ2) is 5.47. The maximum absolute atomic E-state index is 13.5. The van der Waals surface area contributed by atoms with E-state index in [0.29, 0.717) is 12.1 Å². The Labute approximate surface area is 110 Å². The number of hydrogen-bond donors (Lipinski definition) is 0. The van der Waals surface area contributed by atoms with Crippen LogP contribution in [0, 0.1) is 21.7 Å². The van der Waals surface area contributed by atoms with Crippen molar-refractivity contribution in [1.29, 1.82) is 0 Å². The fraction of sp³-hybridized carbons (Fsp3) is 0.0833. The number of carbonyl (C=O) groups excluding carboxylic acids is 1. The van der Waals surface area contributed by atoms with Crippen LogP contribution in [0.3, 0.4) is 0 Å². The number of ketones is 1. The van der Waals surface area contributed by atoms with Gasteiger partial charge in [-0.3, -0.25) is 14.9 Å². The zero-order chi connectivity index (χ0) is 14.7. The lowest BCUT2D eigenvalue weighted by Gasteiger charge is -2.06. The molecular weight excluding hydrogens is 276 g/mol. The molecule has 1 aromatic heterocycles. The van der Waals surface area contributed by atoms with Crippen molar-refractivity contribution in [1.82, 2.24) is 0 Å². The fourth-order valence-corrected chi connectivity index (χ4v) is 1.42. The minimum atomic E-state index is -1.25. The van der Waals surface area contributed by atoms with E-state index in [1.165, 1.54) is 18.4 Å². The summed E-state index contributed by atoms with van der Waals surface area (Å²) in [5, 5.41) is 10.4. The van der Waals surface area contributed by atoms with Gasteiger partial charge in [-0.25, -0.2) is 4.39 Å². The van der Waals surface area contributed by atoms with Crippen LogP contribution in [0.2, 0.25) is 0 Å². The van der Waals surface area contributed by atoms with Crippen LogP contribution in [0.4, 0.5) is 14.5 Å². The van der Waals surface area contributed by atoms with Crippen LogP contribution in [-0.2, 0) is 0 Å². The number of nitro benzene ring substituents is 1. The lowest BCUT2D eigenvalue weighted by atomic mass is 10.2. The van der Waals surface area contributed by atoms with Crippen LogP contribution in [0.5, 0.6) is 5.75 Å². The molecule has 0 spiro atoms. The van der Waals surface area contributed by atoms with Crippen LogP contribution in [0.1, 0.15) is 10.6 Å². The van der Waals surface area contributed by atoms with Crippen LogP contribution in [-0.4, -0.2) is 17.3 Å². The summed E-state index contributed by atoms with van der Waals surface area (Å²) in [5.41, 5.74) is -1.01. The Morgan fingerprint density at radius 3 is 2.70 bits per heavy atom. The van der Waals surface area contributed by atoms with Gasteiger partial charge in [0.15, 0.2) is 23.9 Å². The summed E-state index contributed by atoms with van der Waals surface area (Å²) in [5.74, 6) is -3.55. The first-order valence-corrected chi connectivity index (χ1v) is 5.32. The summed E-state index contributed by atoms with van der Waals surface area (Å²) in [6, 6.07) is 3.78. The van der Waals surface area contributed by atoms with Gasteiger partial charge in [0.2, 0.25) is 11.6 Å². The first-order valence-electron chi connectivity index (χ1n) is 5.32. The summed E-state index contributed by atoms with van der Waals surface area (Å²) >= 11 is 0.